The smallest absolute Gasteiger partial charge is 0.191 e. The van der Waals surface area contributed by atoms with Gasteiger partial charge in [0.2, 0.25) is 0 Å². The molecule has 1 aromatic heterocycles. The van der Waals surface area contributed by atoms with Crippen LogP contribution in [0.3, 0.4) is 0 Å². The van der Waals surface area contributed by atoms with E-state index in [1.165, 1.54) is 0 Å². The molecule has 0 spiro atoms. The second-order valence-electron chi connectivity index (χ2n) is 7.87. The molecule has 2 aromatic rings. The number of nitrogens with one attached hydrogen (secondary N) is 2. The topological polar surface area (TPSA) is 71.0 Å². The first-order chi connectivity index (χ1) is 15.1. The molecule has 1 unspecified atom stereocenters. The Morgan fingerprint density at radius 3 is 2.52 bits per heavy atom. The number of hydrogen-bond acceptors (Lipinski definition) is 5. The molecule has 1 aliphatic rings. The Morgan fingerprint density at radius 1 is 1.16 bits per heavy atom. The van der Waals surface area contributed by atoms with Crippen LogP contribution in [0.1, 0.15) is 32.4 Å². The Morgan fingerprint density at radius 2 is 1.87 bits per heavy atom. The lowest BCUT2D eigenvalue weighted by Crippen LogP contribution is -2.49. The monoisotopic (exact) mass is 425 g/mol. The minimum absolute atomic E-state index is 0.0295. The molecule has 7 heteroatoms. The van der Waals surface area contributed by atoms with Crippen LogP contribution in [0.5, 0.6) is 11.5 Å². The van der Waals surface area contributed by atoms with Crippen LogP contribution in [-0.4, -0.2) is 56.4 Å². The molecule has 0 aliphatic carbocycles. The second-order valence-corrected chi connectivity index (χ2v) is 7.87. The van der Waals surface area contributed by atoms with Gasteiger partial charge in [-0.3, -0.25) is 0 Å². The van der Waals surface area contributed by atoms with Crippen LogP contribution in [-0.2, 0) is 0 Å². The van der Waals surface area contributed by atoms with Gasteiger partial charge in [0.1, 0.15) is 23.4 Å². The fraction of sp³-hybridized carbons (Fsp3) is 0.500. The molecule has 1 aliphatic heterocycles. The normalized spacial score (nSPS) is 16.0. The van der Waals surface area contributed by atoms with Gasteiger partial charge in [-0.25, -0.2) is 9.98 Å². The molecule has 1 fully saturated rings. The van der Waals surface area contributed by atoms with E-state index in [4.69, 9.17) is 14.5 Å². The van der Waals surface area contributed by atoms with Crippen LogP contribution in [0.2, 0.25) is 0 Å². The van der Waals surface area contributed by atoms with Crippen LogP contribution < -0.4 is 25.0 Å². The lowest BCUT2D eigenvalue weighted by Gasteiger charge is -2.34. The first-order valence-electron chi connectivity index (χ1n) is 11.1. The number of anilines is 1. The highest BCUT2D eigenvalue weighted by Crippen LogP contribution is 2.19. The first-order valence-corrected chi connectivity index (χ1v) is 11.1. The van der Waals surface area contributed by atoms with Crippen LogP contribution in [0.4, 0.5) is 5.82 Å². The summed E-state index contributed by atoms with van der Waals surface area (Å²) in [6, 6.07) is 14.2. The summed E-state index contributed by atoms with van der Waals surface area (Å²) in [7, 11) is 1.66. The van der Waals surface area contributed by atoms with E-state index >= 15 is 0 Å². The van der Waals surface area contributed by atoms with Crippen molar-refractivity contribution in [1.82, 2.24) is 15.6 Å². The molecule has 3 rings (SSSR count). The van der Waals surface area contributed by atoms with Crippen molar-refractivity contribution in [2.24, 2.45) is 4.99 Å². The summed E-state index contributed by atoms with van der Waals surface area (Å²) < 4.78 is 11.2. The Bertz CT molecular complexity index is 832. The van der Waals surface area contributed by atoms with Crippen molar-refractivity contribution >= 4 is 11.8 Å². The van der Waals surface area contributed by atoms with Gasteiger partial charge in [-0.05, 0) is 70.0 Å². The van der Waals surface area contributed by atoms with E-state index in [1.54, 1.807) is 7.11 Å². The quantitative estimate of drug-likeness (QED) is 0.499. The van der Waals surface area contributed by atoms with E-state index in [1.807, 2.05) is 44.2 Å². The summed E-state index contributed by atoms with van der Waals surface area (Å²) in [5, 5.41) is 6.95. The second kappa shape index (κ2) is 11.4. The summed E-state index contributed by atoms with van der Waals surface area (Å²) in [5.41, 5.74) is 1.06. The lowest BCUT2D eigenvalue weighted by atomic mass is 10.1. The number of guanidine groups is 1. The zero-order valence-electron chi connectivity index (χ0n) is 19.1. The maximum Gasteiger partial charge on any atom is 0.191 e. The van der Waals surface area contributed by atoms with Crippen molar-refractivity contribution in [2.75, 3.05) is 38.2 Å². The largest absolute Gasteiger partial charge is 0.497 e. The number of ether oxygens (including phenoxy) is 2. The van der Waals surface area contributed by atoms with Crippen LogP contribution in [0.25, 0.3) is 0 Å². The predicted molar refractivity (Wildman–Crippen MR) is 126 cm³/mol. The van der Waals surface area contributed by atoms with Gasteiger partial charge in [0.05, 0.1) is 13.7 Å². The van der Waals surface area contributed by atoms with Crippen molar-refractivity contribution in [3.8, 4) is 11.5 Å². The number of aromatic nitrogens is 1. The molecule has 168 valence electrons. The zero-order chi connectivity index (χ0) is 22.1. The fourth-order valence-electron chi connectivity index (χ4n) is 3.61. The Labute approximate surface area is 185 Å². The molecule has 2 N–H and O–H groups in total. The summed E-state index contributed by atoms with van der Waals surface area (Å²) in [6.45, 7) is 9.54. The number of nitrogens with zero attached hydrogens (tertiary/aromatic N) is 3. The van der Waals surface area contributed by atoms with Gasteiger partial charge in [-0.1, -0.05) is 6.07 Å². The molecule has 0 saturated carbocycles. The molecule has 1 atom stereocenters. The third-order valence-corrected chi connectivity index (χ3v) is 5.28. The number of pyridine rings is 1. The Hall–Kier alpha value is -2.96. The summed E-state index contributed by atoms with van der Waals surface area (Å²) in [4.78, 5) is 11.8. The van der Waals surface area contributed by atoms with E-state index in [9.17, 15) is 0 Å². The van der Waals surface area contributed by atoms with Crippen LogP contribution in [0, 0.1) is 6.92 Å². The summed E-state index contributed by atoms with van der Waals surface area (Å²) in [6.07, 6.45) is 2.08. The highest BCUT2D eigenvalue weighted by molar-refractivity contribution is 5.80. The highest BCUT2D eigenvalue weighted by Gasteiger charge is 2.21. The van der Waals surface area contributed by atoms with E-state index in [0.29, 0.717) is 12.6 Å². The summed E-state index contributed by atoms with van der Waals surface area (Å²) >= 11 is 0. The molecule has 1 saturated heterocycles. The molecule has 0 bridgehead atoms. The number of aryl methyl sites for hydroxylation is 1. The molecular formula is C24H35N5O2. The van der Waals surface area contributed by atoms with Gasteiger partial charge in [0, 0.05) is 31.4 Å². The average molecular weight is 426 g/mol. The molecule has 0 radical (unpaired) electrons. The maximum atomic E-state index is 5.97. The molecule has 1 aromatic carbocycles. The van der Waals surface area contributed by atoms with Gasteiger partial charge in [0.25, 0.3) is 0 Å². The van der Waals surface area contributed by atoms with Crippen molar-refractivity contribution in [3.63, 3.8) is 0 Å². The standard InChI is InChI=1S/C24H35N5O2/c1-5-25-24(26-17-19(3)31-22-11-9-21(30-4)10-12-22)28-20-13-15-29(16-14-20)23-8-6-7-18(2)27-23/h6-12,19-20H,5,13-17H2,1-4H3,(H2,25,26,28). The van der Waals surface area contributed by atoms with E-state index in [-0.39, 0.29) is 6.10 Å². The van der Waals surface area contributed by atoms with E-state index in [0.717, 1.165) is 61.4 Å². The van der Waals surface area contributed by atoms with Gasteiger partial charge < -0.3 is 25.0 Å². The predicted octanol–water partition coefficient (Wildman–Crippen LogP) is 3.39. The average Bonchev–Trinajstić information content (AvgIpc) is 2.79. The zero-order valence-corrected chi connectivity index (χ0v) is 19.1. The molecular weight excluding hydrogens is 390 g/mol. The molecule has 31 heavy (non-hydrogen) atoms. The third-order valence-electron chi connectivity index (χ3n) is 5.28. The van der Waals surface area contributed by atoms with Crippen molar-refractivity contribution in [1.29, 1.82) is 0 Å². The Kier molecular flexibility index (Phi) is 8.38. The van der Waals surface area contributed by atoms with Gasteiger partial charge >= 0.3 is 0 Å². The lowest BCUT2D eigenvalue weighted by molar-refractivity contribution is 0.230. The molecule has 0 amide bonds. The maximum absolute atomic E-state index is 5.97. The summed E-state index contributed by atoms with van der Waals surface area (Å²) in [5.74, 6) is 3.56. The molecule has 7 nitrogen and oxygen atoms in total. The fourth-order valence-corrected chi connectivity index (χ4v) is 3.61. The number of rotatable bonds is 8. The van der Waals surface area contributed by atoms with Gasteiger partial charge in [0.15, 0.2) is 5.96 Å². The highest BCUT2D eigenvalue weighted by atomic mass is 16.5. The number of piperidine rings is 1. The first kappa shape index (κ1) is 22.7. The minimum atomic E-state index is -0.0295. The minimum Gasteiger partial charge on any atom is -0.497 e. The number of hydrogen-bond donors (Lipinski definition) is 2. The van der Waals surface area contributed by atoms with E-state index in [2.05, 4.69) is 39.6 Å². The Balaban J connectivity index is 1.49. The molecule has 2 heterocycles. The number of methoxy groups -OCH3 is 1. The van der Waals surface area contributed by atoms with E-state index < -0.39 is 0 Å². The van der Waals surface area contributed by atoms with Crippen molar-refractivity contribution in [3.05, 3.63) is 48.2 Å². The number of benzene rings is 1. The van der Waals surface area contributed by atoms with Crippen LogP contribution in [0.15, 0.2) is 47.5 Å². The third kappa shape index (κ3) is 7.05. The van der Waals surface area contributed by atoms with Gasteiger partial charge in [-0.15, -0.1) is 0 Å². The van der Waals surface area contributed by atoms with Crippen LogP contribution >= 0.6 is 0 Å². The van der Waals surface area contributed by atoms with Crippen molar-refractivity contribution < 1.29 is 9.47 Å². The van der Waals surface area contributed by atoms with Crippen molar-refractivity contribution in [2.45, 2.75) is 45.8 Å². The SMILES string of the molecule is CCNC(=NCC(C)Oc1ccc(OC)cc1)NC1CCN(c2cccc(C)n2)CC1. The number of aliphatic imine (C=N–C) groups is 1. The van der Waals surface area contributed by atoms with Gasteiger partial charge in [-0.2, -0.15) is 0 Å².